The summed E-state index contributed by atoms with van der Waals surface area (Å²) >= 11 is 0. The summed E-state index contributed by atoms with van der Waals surface area (Å²) in [5, 5.41) is 32.2. The number of nitrogens with one attached hydrogen (secondary N) is 1. The number of benzene rings is 1. The van der Waals surface area contributed by atoms with Crippen molar-refractivity contribution >= 4 is 17.3 Å². The number of aliphatic carboxylic acids is 1. The Balaban J connectivity index is 2.46. The van der Waals surface area contributed by atoms with E-state index >= 15 is 0 Å². The molecule has 0 atom stereocenters. The maximum Gasteiger partial charge on any atom is 0.329 e. The van der Waals surface area contributed by atoms with E-state index in [1.165, 1.54) is 18.2 Å². The number of para-hydroxylation sites is 1. The van der Waals surface area contributed by atoms with Crippen LogP contribution in [0.5, 0.6) is 0 Å². The lowest BCUT2D eigenvalue weighted by Gasteiger charge is -2.26. The Morgan fingerprint density at radius 2 is 2.10 bits per heavy atom. The van der Waals surface area contributed by atoms with Gasteiger partial charge < -0.3 is 10.4 Å². The number of carbonyl (C=O) groups is 1. The lowest BCUT2D eigenvalue weighted by molar-refractivity contribution is -0.384. The monoisotopic (exact) mass is 275 g/mol. The lowest BCUT2D eigenvalue weighted by atomic mass is 9.97. The summed E-state index contributed by atoms with van der Waals surface area (Å²) < 4.78 is 0. The zero-order chi connectivity index (χ0) is 14.8. The van der Waals surface area contributed by atoms with Gasteiger partial charge in [0, 0.05) is 0 Å². The smallest absolute Gasteiger partial charge is 0.329 e. The summed E-state index contributed by atoms with van der Waals surface area (Å²) in [4.78, 5) is 21.9. The Kier molecular flexibility index (Phi) is 3.57. The summed E-state index contributed by atoms with van der Waals surface area (Å²) in [5.41, 5.74) is -1.56. The Morgan fingerprint density at radius 3 is 2.60 bits per heavy atom. The molecule has 0 spiro atoms. The molecule has 20 heavy (non-hydrogen) atoms. The largest absolute Gasteiger partial charge is 0.480 e. The Hall–Kier alpha value is -2.62. The second kappa shape index (κ2) is 5.17. The highest BCUT2D eigenvalue weighted by molar-refractivity contribution is 5.85. The predicted octanol–water partition coefficient (Wildman–Crippen LogP) is 2.28. The number of nitriles is 1. The third-order valence-electron chi connectivity index (χ3n) is 3.58. The quantitative estimate of drug-likeness (QED) is 0.643. The van der Waals surface area contributed by atoms with Crippen molar-refractivity contribution in [2.24, 2.45) is 0 Å². The van der Waals surface area contributed by atoms with Gasteiger partial charge in [-0.2, -0.15) is 5.26 Å². The molecule has 1 saturated carbocycles. The minimum Gasteiger partial charge on any atom is -0.480 e. The first-order valence-electron chi connectivity index (χ1n) is 6.19. The molecule has 1 aliphatic carbocycles. The van der Waals surface area contributed by atoms with Crippen molar-refractivity contribution in [2.75, 3.05) is 5.32 Å². The molecule has 7 heteroatoms. The van der Waals surface area contributed by atoms with Crippen LogP contribution in [0.4, 0.5) is 11.4 Å². The number of anilines is 1. The summed E-state index contributed by atoms with van der Waals surface area (Å²) in [6, 6.07) is 6.02. The van der Waals surface area contributed by atoms with Crippen molar-refractivity contribution in [3.63, 3.8) is 0 Å². The van der Waals surface area contributed by atoms with E-state index in [4.69, 9.17) is 5.26 Å². The molecule has 0 aliphatic heterocycles. The molecule has 0 bridgehead atoms. The van der Waals surface area contributed by atoms with Crippen LogP contribution >= 0.6 is 0 Å². The van der Waals surface area contributed by atoms with Gasteiger partial charge in [0.1, 0.15) is 22.9 Å². The van der Waals surface area contributed by atoms with E-state index in [9.17, 15) is 20.0 Å². The fraction of sp³-hybridized carbons (Fsp3) is 0.385. The number of hydrogen-bond acceptors (Lipinski definition) is 5. The number of nitro benzene ring substituents is 1. The second-order valence-corrected chi connectivity index (χ2v) is 4.79. The number of carboxylic acid groups (broad SMARTS) is 1. The fourth-order valence-corrected chi connectivity index (χ4v) is 2.56. The van der Waals surface area contributed by atoms with Crippen molar-refractivity contribution in [3.05, 3.63) is 33.9 Å². The molecular formula is C13H13N3O4. The topological polar surface area (TPSA) is 116 Å². The molecule has 104 valence electrons. The highest BCUT2D eigenvalue weighted by Gasteiger charge is 2.42. The van der Waals surface area contributed by atoms with Crippen LogP contribution in [0.25, 0.3) is 0 Å². The van der Waals surface area contributed by atoms with E-state index in [1.54, 1.807) is 6.07 Å². The Bertz CT molecular complexity index is 600. The van der Waals surface area contributed by atoms with Crippen LogP contribution in [0.3, 0.4) is 0 Å². The predicted molar refractivity (Wildman–Crippen MR) is 70.3 cm³/mol. The molecule has 1 fully saturated rings. The molecule has 0 aromatic heterocycles. The molecule has 7 nitrogen and oxygen atoms in total. The van der Waals surface area contributed by atoms with E-state index in [0.29, 0.717) is 12.8 Å². The highest BCUT2D eigenvalue weighted by Crippen LogP contribution is 2.37. The van der Waals surface area contributed by atoms with E-state index in [1.807, 2.05) is 0 Å². The zero-order valence-electron chi connectivity index (χ0n) is 10.6. The Labute approximate surface area is 115 Å². The summed E-state index contributed by atoms with van der Waals surface area (Å²) in [5.74, 6) is -1.02. The molecular weight excluding hydrogens is 262 g/mol. The number of hydrogen-bond donors (Lipinski definition) is 2. The minimum atomic E-state index is -1.18. The third-order valence-corrected chi connectivity index (χ3v) is 3.58. The minimum absolute atomic E-state index is 0.0818. The first-order valence-corrected chi connectivity index (χ1v) is 6.19. The van der Waals surface area contributed by atoms with Gasteiger partial charge in [0.25, 0.3) is 0 Å². The number of rotatable bonds is 4. The van der Waals surface area contributed by atoms with Gasteiger partial charge in [0.15, 0.2) is 0 Å². The van der Waals surface area contributed by atoms with Crippen LogP contribution < -0.4 is 5.32 Å². The maximum atomic E-state index is 11.5. The van der Waals surface area contributed by atoms with Crippen LogP contribution in [-0.2, 0) is 4.79 Å². The highest BCUT2D eigenvalue weighted by atomic mass is 16.6. The summed E-state index contributed by atoms with van der Waals surface area (Å²) in [6.07, 6.45) is 2.34. The molecule has 1 aliphatic rings. The molecule has 0 saturated heterocycles. The fourth-order valence-electron chi connectivity index (χ4n) is 2.56. The van der Waals surface area contributed by atoms with Gasteiger partial charge in [-0.15, -0.1) is 0 Å². The summed E-state index contributed by atoms with van der Waals surface area (Å²) in [6.45, 7) is 0. The van der Waals surface area contributed by atoms with Gasteiger partial charge in [-0.1, -0.05) is 18.9 Å². The lowest BCUT2D eigenvalue weighted by Crippen LogP contribution is -2.43. The van der Waals surface area contributed by atoms with Gasteiger partial charge in [-0.3, -0.25) is 10.1 Å². The van der Waals surface area contributed by atoms with Gasteiger partial charge >= 0.3 is 11.7 Å². The van der Waals surface area contributed by atoms with Crippen molar-refractivity contribution in [1.29, 1.82) is 5.26 Å². The SMILES string of the molecule is N#Cc1cccc(NC2(C(=O)O)CCCC2)c1[N+](=O)[O-]. The molecule has 0 unspecified atom stereocenters. The molecule has 2 rings (SSSR count). The van der Waals surface area contributed by atoms with E-state index in [0.717, 1.165) is 12.8 Å². The van der Waals surface area contributed by atoms with Gasteiger partial charge in [-0.05, 0) is 25.0 Å². The Morgan fingerprint density at radius 1 is 1.45 bits per heavy atom. The van der Waals surface area contributed by atoms with Crippen LogP contribution in [0, 0.1) is 21.4 Å². The first-order chi connectivity index (χ1) is 9.50. The van der Waals surface area contributed by atoms with Gasteiger partial charge in [-0.25, -0.2) is 4.79 Å². The van der Waals surface area contributed by atoms with Crippen molar-refractivity contribution in [3.8, 4) is 6.07 Å². The number of carboxylic acids is 1. The first kappa shape index (κ1) is 13.8. The van der Waals surface area contributed by atoms with Crippen molar-refractivity contribution in [2.45, 2.75) is 31.2 Å². The molecule has 1 aromatic rings. The molecule has 0 heterocycles. The van der Waals surface area contributed by atoms with Crippen LogP contribution in [-0.4, -0.2) is 21.5 Å². The third kappa shape index (κ3) is 2.28. The molecule has 0 amide bonds. The molecule has 0 radical (unpaired) electrons. The average Bonchev–Trinajstić information content (AvgIpc) is 2.88. The van der Waals surface area contributed by atoms with Gasteiger partial charge in [0.05, 0.1) is 4.92 Å². The normalized spacial score (nSPS) is 16.4. The summed E-state index contributed by atoms with van der Waals surface area (Å²) in [7, 11) is 0. The molecule has 2 N–H and O–H groups in total. The van der Waals surface area contributed by atoms with E-state index in [-0.39, 0.29) is 16.9 Å². The van der Waals surface area contributed by atoms with Crippen LogP contribution in [0.1, 0.15) is 31.2 Å². The second-order valence-electron chi connectivity index (χ2n) is 4.79. The molecule has 1 aromatic carbocycles. The standard InChI is InChI=1S/C13H13N3O4/c14-8-9-4-3-5-10(11(9)16(19)20)15-13(12(17)18)6-1-2-7-13/h3-5,15H,1-2,6-7H2,(H,17,18). The van der Waals surface area contributed by atoms with Crippen molar-refractivity contribution < 1.29 is 14.8 Å². The van der Waals surface area contributed by atoms with Crippen LogP contribution in [0.15, 0.2) is 18.2 Å². The number of nitrogens with zero attached hydrogens (tertiary/aromatic N) is 2. The number of nitro groups is 1. The van der Waals surface area contributed by atoms with E-state index in [2.05, 4.69) is 5.32 Å². The van der Waals surface area contributed by atoms with E-state index < -0.39 is 16.4 Å². The zero-order valence-corrected chi connectivity index (χ0v) is 10.6. The maximum absolute atomic E-state index is 11.5. The van der Waals surface area contributed by atoms with Crippen molar-refractivity contribution in [1.82, 2.24) is 0 Å². The van der Waals surface area contributed by atoms with Gasteiger partial charge in [0.2, 0.25) is 0 Å². The average molecular weight is 275 g/mol. The van der Waals surface area contributed by atoms with Crippen LogP contribution in [0.2, 0.25) is 0 Å².